The van der Waals surface area contributed by atoms with Gasteiger partial charge >= 0.3 is 5.69 Å². The number of carbonyl (C=O) groups is 1. The van der Waals surface area contributed by atoms with Crippen LogP contribution in [0.5, 0.6) is 5.75 Å². The first-order valence-electron chi connectivity index (χ1n) is 9.51. The summed E-state index contributed by atoms with van der Waals surface area (Å²) in [5.74, 6) is 0.0854. The first-order valence-corrected chi connectivity index (χ1v) is 9.51. The molecule has 0 spiro atoms. The number of nitro groups is 1. The standard InChI is InChI=1S/C22H18N4O5/c1-3-30-18-9-7-14(12-17(18)26(28)29)21(27)24-16-8-6-15(11-13(16)2)22-25-20-19(31-22)5-4-10-23-20/h4-12H,3H2,1-2H3,(H,24,27). The van der Waals surface area contributed by atoms with E-state index in [-0.39, 0.29) is 23.6 Å². The van der Waals surface area contributed by atoms with Crippen LogP contribution in [0.2, 0.25) is 0 Å². The lowest BCUT2D eigenvalue weighted by Gasteiger charge is -2.10. The van der Waals surface area contributed by atoms with Crippen molar-refractivity contribution in [1.29, 1.82) is 0 Å². The lowest BCUT2D eigenvalue weighted by molar-refractivity contribution is -0.385. The Kier molecular flexibility index (Phi) is 5.31. The van der Waals surface area contributed by atoms with Crippen LogP contribution in [0.1, 0.15) is 22.8 Å². The van der Waals surface area contributed by atoms with Gasteiger partial charge in [0.2, 0.25) is 5.89 Å². The number of ether oxygens (including phenoxy) is 1. The number of carbonyl (C=O) groups excluding carboxylic acids is 1. The molecule has 31 heavy (non-hydrogen) atoms. The van der Waals surface area contributed by atoms with Crippen LogP contribution >= 0.6 is 0 Å². The number of oxazole rings is 1. The largest absolute Gasteiger partial charge is 0.487 e. The number of nitrogens with zero attached hydrogens (tertiary/aromatic N) is 3. The van der Waals surface area contributed by atoms with Gasteiger partial charge in [0.15, 0.2) is 17.0 Å². The molecule has 0 saturated carbocycles. The summed E-state index contributed by atoms with van der Waals surface area (Å²) < 4.78 is 11.0. The number of hydrogen-bond acceptors (Lipinski definition) is 7. The molecule has 1 N–H and O–H groups in total. The van der Waals surface area contributed by atoms with E-state index in [9.17, 15) is 14.9 Å². The van der Waals surface area contributed by atoms with Gasteiger partial charge in [-0.1, -0.05) is 0 Å². The van der Waals surface area contributed by atoms with E-state index in [0.29, 0.717) is 22.8 Å². The number of pyridine rings is 1. The summed E-state index contributed by atoms with van der Waals surface area (Å²) in [6.07, 6.45) is 1.64. The Labute approximate surface area is 176 Å². The van der Waals surface area contributed by atoms with Crippen LogP contribution in [0.15, 0.2) is 59.1 Å². The van der Waals surface area contributed by atoms with Gasteiger partial charge < -0.3 is 14.5 Å². The van der Waals surface area contributed by atoms with Gasteiger partial charge in [0.05, 0.1) is 11.5 Å². The highest BCUT2D eigenvalue weighted by atomic mass is 16.6. The number of benzene rings is 2. The minimum Gasteiger partial charge on any atom is -0.487 e. The minimum atomic E-state index is -0.572. The summed E-state index contributed by atoms with van der Waals surface area (Å²) in [4.78, 5) is 31.9. The highest BCUT2D eigenvalue weighted by Gasteiger charge is 2.19. The Morgan fingerprint density at radius 3 is 2.77 bits per heavy atom. The summed E-state index contributed by atoms with van der Waals surface area (Å²) in [5, 5.41) is 14.1. The Balaban J connectivity index is 1.57. The summed E-state index contributed by atoms with van der Waals surface area (Å²) in [6.45, 7) is 3.85. The molecule has 0 fully saturated rings. The maximum Gasteiger partial charge on any atom is 0.311 e. The molecule has 9 nitrogen and oxygen atoms in total. The van der Waals surface area contributed by atoms with Gasteiger partial charge in [0, 0.05) is 29.1 Å². The van der Waals surface area contributed by atoms with Crippen molar-refractivity contribution < 1.29 is 18.9 Å². The molecule has 2 aromatic carbocycles. The maximum atomic E-state index is 12.7. The van der Waals surface area contributed by atoms with E-state index in [2.05, 4.69) is 15.3 Å². The van der Waals surface area contributed by atoms with Crippen molar-refractivity contribution in [1.82, 2.24) is 9.97 Å². The number of rotatable bonds is 6. The van der Waals surface area contributed by atoms with Crippen molar-refractivity contribution in [2.75, 3.05) is 11.9 Å². The van der Waals surface area contributed by atoms with Gasteiger partial charge in [0.25, 0.3) is 5.91 Å². The fraction of sp³-hybridized carbons (Fsp3) is 0.136. The Morgan fingerprint density at radius 1 is 1.23 bits per heavy atom. The van der Waals surface area contributed by atoms with E-state index in [1.807, 2.05) is 13.0 Å². The number of aromatic nitrogens is 2. The molecular formula is C22H18N4O5. The molecule has 4 aromatic rings. The molecule has 156 valence electrons. The Morgan fingerprint density at radius 2 is 2.06 bits per heavy atom. The molecule has 1 amide bonds. The molecule has 2 aromatic heterocycles. The van der Waals surface area contributed by atoms with Gasteiger partial charge in [-0.2, -0.15) is 4.98 Å². The molecule has 0 saturated heterocycles. The second-order valence-electron chi connectivity index (χ2n) is 6.70. The SMILES string of the molecule is CCOc1ccc(C(=O)Nc2ccc(-c3nc4ncccc4o3)cc2C)cc1[N+](=O)[O-]. The average Bonchev–Trinajstić information content (AvgIpc) is 3.19. The third-order valence-electron chi connectivity index (χ3n) is 4.60. The molecular weight excluding hydrogens is 400 g/mol. The monoisotopic (exact) mass is 418 g/mol. The second kappa shape index (κ2) is 8.23. The molecule has 0 aliphatic carbocycles. The molecule has 2 heterocycles. The van der Waals surface area contributed by atoms with Crippen LogP contribution in [0.3, 0.4) is 0 Å². The Hall–Kier alpha value is -4.27. The number of amides is 1. The lowest BCUT2D eigenvalue weighted by Crippen LogP contribution is -2.13. The number of fused-ring (bicyclic) bond motifs is 1. The number of nitro benzene ring substituents is 1. The van der Waals surface area contributed by atoms with Crippen molar-refractivity contribution in [2.24, 2.45) is 0 Å². The number of anilines is 1. The van der Waals surface area contributed by atoms with E-state index < -0.39 is 10.8 Å². The molecule has 0 bridgehead atoms. The molecule has 0 atom stereocenters. The highest BCUT2D eigenvalue weighted by molar-refractivity contribution is 6.05. The van der Waals surface area contributed by atoms with Crippen LogP contribution in [0.4, 0.5) is 11.4 Å². The topological polar surface area (TPSA) is 120 Å². The Bertz CT molecular complexity index is 1270. The average molecular weight is 418 g/mol. The van der Waals surface area contributed by atoms with Gasteiger partial charge in [0.1, 0.15) is 0 Å². The molecule has 9 heteroatoms. The summed E-state index contributed by atoms with van der Waals surface area (Å²) in [5.41, 5.74) is 3.09. The molecule has 4 rings (SSSR count). The van der Waals surface area contributed by atoms with Gasteiger partial charge in [-0.05, 0) is 61.9 Å². The van der Waals surface area contributed by atoms with Crippen LogP contribution < -0.4 is 10.1 Å². The maximum absolute atomic E-state index is 12.7. The van der Waals surface area contributed by atoms with Crippen LogP contribution in [-0.4, -0.2) is 27.4 Å². The first kappa shape index (κ1) is 20.0. The summed E-state index contributed by atoms with van der Waals surface area (Å²) in [6, 6.07) is 13.0. The van der Waals surface area contributed by atoms with Crippen molar-refractivity contribution in [2.45, 2.75) is 13.8 Å². The third kappa shape index (κ3) is 4.06. The molecule has 0 aliphatic rings. The summed E-state index contributed by atoms with van der Waals surface area (Å²) >= 11 is 0. The highest BCUT2D eigenvalue weighted by Crippen LogP contribution is 2.30. The van der Waals surface area contributed by atoms with Gasteiger partial charge in [-0.25, -0.2) is 4.98 Å². The first-order chi connectivity index (χ1) is 15.0. The van der Waals surface area contributed by atoms with E-state index >= 15 is 0 Å². The van der Waals surface area contributed by atoms with Crippen molar-refractivity contribution in [3.63, 3.8) is 0 Å². The summed E-state index contributed by atoms with van der Waals surface area (Å²) in [7, 11) is 0. The van der Waals surface area contributed by atoms with Crippen molar-refractivity contribution in [3.05, 3.63) is 76.0 Å². The van der Waals surface area contributed by atoms with Crippen molar-refractivity contribution in [3.8, 4) is 17.2 Å². The fourth-order valence-corrected chi connectivity index (χ4v) is 3.10. The zero-order valence-corrected chi connectivity index (χ0v) is 16.8. The normalized spacial score (nSPS) is 10.8. The molecule has 0 unspecified atom stereocenters. The second-order valence-corrected chi connectivity index (χ2v) is 6.70. The molecule has 0 aliphatic heterocycles. The smallest absolute Gasteiger partial charge is 0.311 e. The van der Waals surface area contributed by atoms with Gasteiger partial charge in [-0.15, -0.1) is 0 Å². The van der Waals surface area contributed by atoms with Gasteiger partial charge in [-0.3, -0.25) is 14.9 Å². The zero-order chi connectivity index (χ0) is 22.0. The lowest BCUT2D eigenvalue weighted by atomic mass is 10.1. The van der Waals surface area contributed by atoms with E-state index in [1.165, 1.54) is 18.2 Å². The number of aryl methyl sites for hydroxylation is 1. The predicted molar refractivity (Wildman–Crippen MR) is 114 cm³/mol. The number of nitrogens with one attached hydrogen (secondary N) is 1. The zero-order valence-electron chi connectivity index (χ0n) is 16.8. The predicted octanol–water partition coefficient (Wildman–Crippen LogP) is 4.76. The molecule has 0 radical (unpaired) electrons. The van der Waals surface area contributed by atoms with Crippen LogP contribution in [0, 0.1) is 17.0 Å². The third-order valence-corrected chi connectivity index (χ3v) is 4.60. The van der Waals surface area contributed by atoms with Crippen LogP contribution in [0.25, 0.3) is 22.7 Å². The van der Waals surface area contributed by atoms with E-state index in [4.69, 9.17) is 9.15 Å². The van der Waals surface area contributed by atoms with Crippen LogP contribution in [-0.2, 0) is 0 Å². The minimum absolute atomic E-state index is 0.123. The van der Waals surface area contributed by atoms with E-state index in [0.717, 1.165) is 11.1 Å². The van der Waals surface area contributed by atoms with Crippen molar-refractivity contribution >= 4 is 28.5 Å². The quantitative estimate of drug-likeness (QED) is 0.354. The fourth-order valence-electron chi connectivity index (χ4n) is 3.10. The number of hydrogen-bond donors (Lipinski definition) is 1. The van der Waals surface area contributed by atoms with E-state index in [1.54, 1.807) is 37.4 Å².